The van der Waals surface area contributed by atoms with Crippen molar-refractivity contribution in [3.8, 4) is 17.3 Å². The Morgan fingerprint density at radius 2 is 2.19 bits per heavy atom. The molecule has 8 heteroatoms. The van der Waals surface area contributed by atoms with Gasteiger partial charge >= 0.3 is 5.69 Å². The molecule has 1 saturated carbocycles. The predicted molar refractivity (Wildman–Crippen MR) is 94.1 cm³/mol. The molecule has 3 aromatic rings. The van der Waals surface area contributed by atoms with Gasteiger partial charge in [-0.05, 0) is 37.1 Å². The molecule has 1 amide bonds. The number of nitrogens with one attached hydrogen (secondary N) is 1. The molecule has 2 heterocycles. The lowest BCUT2D eigenvalue weighted by Crippen LogP contribution is -2.30. The molecule has 0 aliphatic heterocycles. The number of ether oxygens (including phenoxy) is 1. The molecule has 8 nitrogen and oxygen atoms in total. The summed E-state index contributed by atoms with van der Waals surface area (Å²) in [5.74, 6) is 1.27. The van der Waals surface area contributed by atoms with E-state index >= 15 is 0 Å². The van der Waals surface area contributed by atoms with Crippen LogP contribution in [-0.4, -0.2) is 27.4 Å². The van der Waals surface area contributed by atoms with E-state index in [4.69, 9.17) is 9.15 Å². The number of benzene rings is 1. The molecule has 26 heavy (non-hydrogen) atoms. The van der Waals surface area contributed by atoms with E-state index in [-0.39, 0.29) is 24.2 Å². The van der Waals surface area contributed by atoms with E-state index in [2.05, 4.69) is 10.4 Å². The number of rotatable bonds is 6. The number of hydrogen-bond donors (Lipinski definition) is 1. The van der Waals surface area contributed by atoms with Gasteiger partial charge in [0, 0.05) is 17.8 Å². The minimum Gasteiger partial charge on any atom is -0.497 e. The number of carbonyl (C=O) groups is 1. The summed E-state index contributed by atoms with van der Waals surface area (Å²) in [5, 5.41) is 7.07. The second-order valence-electron chi connectivity index (χ2n) is 6.12. The van der Waals surface area contributed by atoms with Crippen molar-refractivity contribution in [3.05, 3.63) is 53.1 Å². The Morgan fingerprint density at radius 3 is 2.88 bits per heavy atom. The number of anilines is 1. The molecule has 2 aromatic heterocycles. The molecular formula is C18H18N4O4. The average molecular weight is 354 g/mol. The molecular weight excluding hydrogens is 336 g/mol. The lowest BCUT2D eigenvalue weighted by molar-refractivity contribution is -0.117. The Hall–Kier alpha value is -3.29. The van der Waals surface area contributed by atoms with Crippen LogP contribution < -0.4 is 15.7 Å². The third-order valence-corrected chi connectivity index (χ3v) is 4.17. The first-order valence-corrected chi connectivity index (χ1v) is 8.33. The summed E-state index contributed by atoms with van der Waals surface area (Å²) in [5.41, 5.74) is 0.287. The van der Waals surface area contributed by atoms with E-state index in [9.17, 15) is 9.59 Å². The van der Waals surface area contributed by atoms with Gasteiger partial charge in [-0.1, -0.05) is 6.07 Å². The number of nitrogens with zero attached hydrogens (tertiary/aromatic N) is 3. The number of carbonyl (C=O) groups excluding carboxylic acids is 1. The molecule has 0 unspecified atom stereocenters. The van der Waals surface area contributed by atoms with Crippen molar-refractivity contribution in [2.45, 2.75) is 25.4 Å². The molecule has 0 saturated heterocycles. The largest absolute Gasteiger partial charge is 0.497 e. The summed E-state index contributed by atoms with van der Waals surface area (Å²) < 4.78 is 13.3. The monoisotopic (exact) mass is 354 g/mol. The van der Waals surface area contributed by atoms with Crippen LogP contribution in [0, 0.1) is 0 Å². The first kappa shape index (κ1) is 16.2. The van der Waals surface area contributed by atoms with Crippen molar-refractivity contribution >= 4 is 11.6 Å². The number of methoxy groups -OCH3 is 1. The fourth-order valence-electron chi connectivity index (χ4n) is 2.80. The van der Waals surface area contributed by atoms with Gasteiger partial charge in [0.05, 0.1) is 13.4 Å². The summed E-state index contributed by atoms with van der Waals surface area (Å²) in [4.78, 5) is 25.0. The second kappa shape index (κ2) is 6.55. The van der Waals surface area contributed by atoms with E-state index in [0.717, 1.165) is 12.8 Å². The van der Waals surface area contributed by atoms with Crippen molar-refractivity contribution in [1.29, 1.82) is 0 Å². The van der Waals surface area contributed by atoms with Crippen LogP contribution in [0.25, 0.3) is 11.6 Å². The van der Waals surface area contributed by atoms with Gasteiger partial charge in [-0.3, -0.25) is 9.36 Å². The quantitative estimate of drug-likeness (QED) is 0.733. The third-order valence-electron chi connectivity index (χ3n) is 4.17. The van der Waals surface area contributed by atoms with Gasteiger partial charge in [-0.25, -0.2) is 9.48 Å². The molecule has 0 radical (unpaired) electrons. The fourth-order valence-corrected chi connectivity index (χ4v) is 2.80. The highest BCUT2D eigenvalue weighted by Crippen LogP contribution is 2.36. The van der Waals surface area contributed by atoms with Crippen LogP contribution in [-0.2, 0) is 11.3 Å². The minimum absolute atomic E-state index is 0.123. The maximum atomic E-state index is 12.7. The van der Waals surface area contributed by atoms with Crippen LogP contribution in [0.2, 0.25) is 0 Å². The van der Waals surface area contributed by atoms with Crippen molar-refractivity contribution in [2.75, 3.05) is 12.4 Å². The summed E-state index contributed by atoms with van der Waals surface area (Å²) in [6.45, 7) is -0.177. The molecule has 1 N–H and O–H groups in total. The van der Waals surface area contributed by atoms with E-state index in [1.54, 1.807) is 48.1 Å². The molecule has 0 atom stereocenters. The summed E-state index contributed by atoms with van der Waals surface area (Å²) >= 11 is 0. The van der Waals surface area contributed by atoms with E-state index in [1.807, 2.05) is 0 Å². The van der Waals surface area contributed by atoms with Crippen LogP contribution in [0.5, 0.6) is 5.75 Å². The number of amides is 1. The molecule has 0 spiro atoms. The smallest absolute Gasteiger partial charge is 0.347 e. The standard InChI is InChI=1S/C18H18N4O4/c1-25-14-5-2-4-12(10-14)19-16(23)11-21-18(24)22(13-7-8-13)17(20-21)15-6-3-9-26-15/h2-6,9-10,13H,7-8,11H2,1H3,(H,19,23). The zero-order valence-corrected chi connectivity index (χ0v) is 14.2. The van der Waals surface area contributed by atoms with Gasteiger partial charge in [0.25, 0.3) is 0 Å². The minimum atomic E-state index is -0.341. The zero-order chi connectivity index (χ0) is 18.1. The van der Waals surface area contributed by atoms with Gasteiger partial charge in [-0.2, -0.15) is 0 Å². The lowest BCUT2D eigenvalue weighted by Gasteiger charge is -2.06. The van der Waals surface area contributed by atoms with Crippen LogP contribution in [0.1, 0.15) is 18.9 Å². The topological polar surface area (TPSA) is 91.3 Å². The highest BCUT2D eigenvalue weighted by molar-refractivity contribution is 5.90. The van der Waals surface area contributed by atoms with Crippen molar-refractivity contribution in [2.24, 2.45) is 0 Å². The maximum absolute atomic E-state index is 12.7. The van der Waals surface area contributed by atoms with Gasteiger partial charge in [0.15, 0.2) is 5.76 Å². The summed E-state index contributed by atoms with van der Waals surface area (Å²) in [6, 6.07) is 10.6. The van der Waals surface area contributed by atoms with Gasteiger partial charge in [0.1, 0.15) is 12.3 Å². The van der Waals surface area contributed by atoms with Crippen LogP contribution in [0.15, 0.2) is 51.9 Å². The normalized spacial score (nSPS) is 13.6. The predicted octanol–water partition coefficient (Wildman–Crippen LogP) is 2.29. The second-order valence-corrected chi connectivity index (χ2v) is 6.12. The Labute approximate surface area is 149 Å². The molecule has 4 rings (SSSR count). The number of furan rings is 1. The van der Waals surface area contributed by atoms with Crippen LogP contribution >= 0.6 is 0 Å². The lowest BCUT2D eigenvalue weighted by atomic mass is 10.3. The van der Waals surface area contributed by atoms with E-state index in [1.165, 1.54) is 10.9 Å². The van der Waals surface area contributed by atoms with Crippen LogP contribution in [0.4, 0.5) is 5.69 Å². The van der Waals surface area contributed by atoms with Crippen molar-refractivity contribution in [3.63, 3.8) is 0 Å². The third kappa shape index (κ3) is 3.13. The maximum Gasteiger partial charge on any atom is 0.347 e. The van der Waals surface area contributed by atoms with Crippen LogP contribution in [0.3, 0.4) is 0 Å². The molecule has 1 fully saturated rings. The highest BCUT2D eigenvalue weighted by atomic mass is 16.5. The van der Waals surface area contributed by atoms with Gasteiger partial charge in [-0.15, -0.1) is 5.10 Å². The summed E-state index contributed by atoms with van der Waals surface area (Å²) in [6.07, 6.45) is 3.39. The average Bonchev–Trinajstić information content (AvgIpc) is 3.22. The Morgan fingerprint density at radius 1 is 1.35 bits per heavy atom. The zero-order valence-electron chi connectivity index (χ0n) is 14.2. The Kier molecular flexibility index (Phi) is 4.08. The first-order valence-electron chi connectivity index (χ1n) is 8.33. The first-order chi connectivity index (χ1) is 12.7. The Bertz CT molecular complexity index is 983. The van der Waals surface area contributed by atoms with E-state index < -0.39 is 0 Å². The number of aromatic nitrogens is 3. The number of hydrogen-bond acceptors (Lipinski definition) is 5. The molecule has 0 bridgehead atoms. The summed E-state index contributed by atoms with van der Waals surface area (Å²) in [7, 11) is 1.56. The molecule has 1 aliphatic carbocycles. The van der Waals surface area contributed by atoms with Gasteiger partial charge < -0.3 is 14.5 Å². The van der Waals surface area contributed by atoms with E-state index in [0.29, 0.717) is 23.0 Å². The Balaban J connectivity index is 1.57. The molecule has 134 valence electrons. The highest BCUT2D eigenvalue weighted by Gasteiger charge is 2.31. The SMILES string of the molecule is COc1cccc(NC(=O)Cn2nc(-c3ccco3)n(C3CC3)c2=O)c1. The van der Waals surface area contributed by atoms with Crippen molar-refractivity contribution < 1.29 is 13.9 Å². The molecule has 1 aromatic carbocycles. The van der Waals surface area contributed by atoms with Crippen molar-refractivity contribution in [1.82, 2.24) is 14.3 Å². The fraction of sp³-hybridized carbons (Fsp3) is 0.278. The van der Waals surface area contributed by atoms with Gasteiger partial charge in [0.2, 0.25) is 11.7 Å². The molecule has 1 aliphatic rings.